The van der Waals surface area contributed by atoms with Crippen LogP contribution >= 0.6 is 0 Å². The van der Waals surface area contributed by atoms with Gasteiger partial charge < -0.3 is 21.1 Å². The third kappa shape index (κ3) is 6.74. The molecule has 1 saturated carbocycles. The molecule has 1 aliphatic rings. The number of hydrogen-bond acceptors (Lipinski definition) is 6. The van der Waals surface area contributed by atoms with Gasteiger partial charge in [0, 0.05) is 35.5 Å². The molecule has 0 saturated heterocycles. The van der Waals surface area contributed by atoms with E-state index in [0.29, 0.717) is 35.2 Å². The molecule has 1 amide bonds. The first kappa shape index (κ1) is 27.6. The van der Waals surface area contributed by atoms with Crippen LogP contribution in [0, 0.1) is 17.2 Å². The van der Waals surface area contributed by atoms with E-state index in [-0.39, 0.29) is 17.6 Å². The first-order valence-electron chi connectivity index (χ1n) is 13.3. The zero-order chi connectivity index (χ0) is 27.9. The first-order valence-corrected chi connectivity index (χ1v) is 13.3. The van der Waals surface area contributed by atoms with Gasteiger partial charge in [-0.05, 0) is 61.3 Å². The number of nitrogens with zero attached hydrogens (tertiary/aromatic N) is 3. The number of fused-ring (bicyclic) bond motifs is 1. The number of methoxy groups -OCH3 is 1. The van der Waals surface area contributed by atoms with Crippen LogP contribution in [-0.4, -0.2) is 55.5 Å². The number of carbonyl (C=O) groups excluding carboxylic acids is 1. The SMILES string of the molecule is C=C(C#N)CNc1c(OC)ccc2ccc(-c3ccc(N)c(C(=O)NC4CCC(CC=[N+](C)C)CC4)n3)cc12. The van der Waals surface area contributed by atoms with E-state index in [2.05, 4.69) is 53.2 Å². The maximum Gasteiger partial charge on any atom is 0.272 e. The number of nitrogen functional groups attached to an aromatic ring is 1. The van der Waals surface area contributed by atoms with Crippen LogP contribution in [0.5, 0.6) is 5.75 Å². The number of hydrogen-bond donors (Lipinski definition) is 3. The lowest BCUT2D eigenvalue weighted by Gasteiger charge is -2.28. The highest BCUT2D eigenvalue weighted by molar-refractivity contribution is 6.00. The molecule has 1 fully saturated rings. The Labute approximate surface area is 230 Å². The Hall–Kier alpha value is -4.38. The maximum absolute atomic E-state index is 13.2. The van der Waals surface area contributed by atoms with Gasteiger partial charge >= 0.3 is 0 Å². The molecular formula is C31H37N6O2+. The molecule has 0 radical (unpaired) electrons. The number of nitrogens with two attached hydrogens (primary N) is 1. The minimum atomic E-state index is -0.238. The Kier molecular flexibility index (Phi) is 8.82. The standard InChI is InChI=1S/C31H36N6O2/c1-20(18-32)19-34-29-25-17-23(8-7-22(25)9-14-28(29)39-4)27-13-12-26(33)30(36-27)31(38)35-24-10-5-21(6-11-24)15-16-37(2)3/h7-9,12-14,16-17,21,24H,1,5-6,10-11,15,19H2,2-4H3,(H3-,33,34,35,36,38)/p+1. The van der Waals surface area contributed by atoms with E-state index < -0.39 is 0 Å². The normalized spacial score (nSPS) is 16.7. The topological polar surface area (TPSA) is 116 Å². The molecule has 1 heterocycles. The predicted octanol–water partition coefficient (Wildman–Crippen LogP) is 5.01. The number of ether oxygens (including phenoxy) is 1. The molecule has 8 nitrogen and oxygen atoms in total. The smallest absolute Gasteiger partial charge is 0.272 e. The lowest BCUT2D eigenvalue weighted by molar-refractivity contribution is -0.460. The highest BCUT2D eigenvalue weighted by atomic mass is 16.5. The van der Waals surface area contributed by atoms with Crippen LogP contribution < -0.4 is 21.1 Å². The maximum atomic E-state index is 13.2. The number of carbonyl (C=O) groups is 1. The number of rotatable bonds is 9. The van der Waals surface area contributed by atoms with Crippen molar-refractivity contribution < 1.29 is 14.1 Å². The van der Waals surface area contributed by atoms with Gasteiger partial charge in [0.2, 0.25) is 0 Å². The van der Waals surface area contributed by atoms with Crippen molar-refractivity contribution in [2.45, 2.75) is 38.1 Å². The van der Waals surface area contributed by atoms with Gasteiger partial charge in [0.1, 0.15) is 26.1 Å². The summed E-state index contributed by atoms with van der Waals surface area (Å²) in [5.74, 6) is 1.08. The highest BCUT2D eigenvalue weighted by Crippen LogP contribution is 2.36. The highest BCUT2D eigenvalue weighted by Gasteiger charge is 2.24. The van der Waals surface area contributed by atoms with Gasteiger partial charge in [-0.25, -0.2) is 9.56 Å². The Morgan fingerprint density at radius 1 is 1.21 bits per heavy atom. The van der Waals surface area contributed by atoms with Crippen molar-refractivity contribution in [2.75, 3.05) is 38.8 Å². The zero-order valence-electron chi connectivity index (χ0n) is 23.0. The number of nitriles is 1. The molecule has 1 aromatic heterocycles. The molecule has 0 spiro atoms. The molecule has 4 rings (SSSR count). The van der Waals surface area contributed by atoms with Gasteiger partial charge in [-0.3, -0.25) is 4.79 Å². The van der Waals surface area contributed by atoms with Gasteiger partial charge in [-0.2, -0.15) is 5.26 Å². The van der Waals surface area contributed by atoms with E-state index in [1.165, 1.54) is 0 Å². The van der Waals surface area contributed by atoms with E-state index in [1.807, 2.05) is 36.4 Å². The van der Waals surface area contributed by atoms with Crippen LogP contribution in [0.4, 0.5) is 11.4 Å². The molecule has 3 aromatic rings. The van der Waals surface area contributed by atoms with Crippen molar-refractivity contribution in [1.82, 2.24) is 10.3 Å². The molecule has 0 atom stereocenters. The molecule has 0 unspecified atom stereocenters. The second-order valence-electron chi connectivity index (χ2n) is 10.4. The Bertz CT molecular complexity index is 1440. The van der Waals surface area contributed by atoms with Crippen LogP contribution in [0.3, 0.4) is 0 Å². The summed E-state index contributed by atoms with van der Waals surface area (Å²) in [5, 5.41) is 17.5. The van der Waals surface area contributed by atoms with Crippen LogP contribution in [-0.2, 0) is 0 Å². The van der Waals surface area contributed by atoms with Gasteiger partial charge in [-0.1, -0.05) is 24.8 Å². The van der Waals surface area contributed by atoms with Crippen molar-refractivity contribution in [3.63, 3.8) is 0 Å². The van der Waals surface area contributed by atoms with Crippen molar-refractivity contribution in [3.8, 4) is 23.1 Å². The molecule has 0 aliphatic heterocycles. The minimum Gasteiger partial charge on any atom is -0.495 e. The summed E-state index contributed by atoms with van der Waals surface area (Å²) in [6.45, 7) is 4.06. The molecule has 8 heteroatoms. The number of benzene rings is 2. The summed E-state index contributed by atoms with van der Waals surface area (Å²) in [6.07, 6.45) is 7.40. The zero-order valence-corrected chi connectivity index (χ0v) is 23.0. The monoisotopic (exact) mass is 525 g/mol. The molecule has 2 aromatic carbocycles. The average Bonchev–Trinajstić information content (AvgIpc) is 2.95. The van der Waals surface area contributed by atoms with Gasteiger partial charge in [0.05, 0.1) is 30.2 Å². The van der Waals surface area contributed by atoms with E-state index in [4.69, 9.17) is 15.7 Å². The predicted molar refractivity (Wildman–Crippen MR) is 157 cm³/mol. The van der Waals surface area contributed by atoms with Gasteiger partial charge in [-0.15, -0.1) is 0 Å². The van der Waals surface area contributed by atoms with Crippen molar-refractivity contribution in [3.05, 3.63) is 60.3 Å². The Morgan fingerprint density at radius 2 is 1.95 bits per heavy atom. The number of nitrogens with one attached hydrogen (secondary N) is 2. The Balaban J connectivity index is 1.55. The second kappa shape index (κ2) is 12.4. The fourth-order valence-electron chi connectivity index (χ4n) is 5.01. The number of pyridine rings is 1. The van der Waals surface area contributed by atoms with E-state index in [0.717, 1.165) is 54.1 Å². The summed E-state index contributed by atoms with van der Waals surface area (Å²) >= 11 is 0. The summed E-state index contributed by atoms with van der Waals surface area (Å²) in [4.78, 5) is 17.9. The van der Waals surface area contributed by atoms with Crippen LogP contribution in [0.15, 0.2) is 54.6 Å². The van der Waals surface area contributed by atoms with Crippen molar-refractivity contribution >= 4 is 34.3 Å². The van der Waals surface area contributed by atoms with Crippen molar-refractivity contribution in [2.24, 2.45) is 5.92 Å². The van der Waals surface area contributed by atoms with E-state index in [9.17, 15) is 4.79 Å². The fourth-order valence-corrected chi connectivity index (χ4v) is 5.01. The minimum absolute atomic E-state index is 0.128. The fraction of sp³-hybridized carbons (Fsp3) is 0.355. The molecule has 0 bridgehead atoms. The van der Waals surface area contributed by atoms with Gasteiger partial charge in [0.15, 0.2) is 5.69 Å². The average molecular weight is 526 g/mol. The number of aromatic nitrogens is 1. The largest absolute Gasteiger partial charge is 0.495 e. The lowest BCUT2D eigenvalue weighted by Crippen LogP contribution is -2.38. The summed E-state index contributed by atoms with van der Waals surface area (Å²) in [5.41, 5.74) is 9.46. The summed E-state index contributed by atoms with van der Waals surface area (Å²) < 4.78 is 7.67. The van der Waals surface area contributed by atoms with E-state index in [1.54, 1.807) is 13.2 Å². The quantitative estimate of drug-likeness (QED) is 0.206. The van der Waals surface area contributed by atoms with Gasteiger partial charge in [0.25, 0.3) is 5.91 Å². The van der Waals surface area contributed by atoms with Crippen LogP contribution in [0.1, 0.15) is 42.6 Å². The second-order valence-corrected chi connectivity index (χ2v) is 10.4. The Morgan fingerprint density at radius 3 is 2.64 bits per heavy atom. The molecule has 39 heavy (non-hydrogen) atoms. The lowest BCUT2D eigenvalue weighted by atomic mass is 9.84. The first-order chi connectivity index (χ1) is 18.8. The third-order valence-corrected chi connectivity index (χ3v) is 7.26. The summed E-state index contributed by atoms with van der Waals surface area (Å²) in [6, 6.07) is 15.6. The molecule has 202 valence electrons. The van der Waals surface area contributed by atoms with Crippen LogP contribution in [0.25, 0.3) is 22.0 Å². The molecular weight excluding hydrogens is 488 g/mol. The summed E-state index contributed by atoms with van der Waals surface area (Å²) in [7, 11) is 5.71. The third-order valence-electron chi connectivity index (χ3n) is 7.26. The van der Waals surface area contributed by atoms with E-state index >= 15 is 0 Å². The number of anilines is 2. The number of amides is 1. The molecule has 1 aliphatic carbocycles. The van der Waals surface area contributed by atoms with Crippen LogP contribution in [0.2, 0.25) is 0 Å². The van der Waals surface area contributed by atoms with Crippen molar-refractivity contribution in [1.29, 1.82) is 5.26 Å². The molecule has 4 N–H and O–H groups in total.